The van der Waals surface area contributed by atoms with Crippen LogP contribution in [0.2, 0.25) is 0 Å². The lowest BCUT2D eigenvalue weighted by Crippen LogP contribution is -2.39. The summed E-state index contributed by atoms with van der Waals surface area (Å²) in [7, 11) is 5.49. The van der Waals surface area contributed by atoms with Crippen LogP contribution in [0.5, 0.6) is 0 Å². The van der Waals surface area contributed by atoms with Crippen molar-refractivity contribution in [3.05, 3.63) is 12.3 Å². The van der Waals surface area contributed by atoms with Crippen LogP contribution in [0.1, 0.15) is 25.7 Å². The molecule has 25 heavy (non-hydrogen) atoms. The molecule has 1 fully saturated rings. The number of aromatic nitrogens is 2. The molecule has 0 bridgehead atoms. The van der Waals surface area contributed by atoms with Crippen LogP contribution in [0.15, 0.2) is 12.3 Å². The lowest BCUT2D eigenvalue weighted by molar-refractivity contribution is 0.105. The van der Waals surface area contributed by atoms with Crippen molar-refractivity contribution in [2.75, 3.05) is 51.1 Å². The Kier molecular flexibility index (Phi) is 7.24. The first-order chi connectivity index (χ1) is 12.0. The van der Waals surface area contributed by atoms with Gasteiger partial charge in [-0.1, -0.05) is 0 Å². The van der Waals surface area contributed by atoms with Crippen LogP contribution in [0.4, 0.5) is 16.6 Å². The van der Waals surface area contributed by atoms with Gasteiger partial charge in [0, 0.05) is 46.5 Å². The van der Waals surface area contributed by atoms with E-state index in [0.717, 1.165) is 31.5 Å². The molecule has 1 heterocycles. The number of carboxylic acid groups (broad SMARTS) is 1. The van der Waals surface area contributed by atoms with Gasteiger partial charge in [-0.2, -0.15) is 4.98 Å². The number of nitrogens with one attached hydrogen (secondary N) is 1. The smallest absolute Gasteiger partial charge is 0.407 e. The fourth-order valence-corrected chi connectivity index (χ4v) is 3.12. The maximum absolute atomic E-state index is 11.3. The number of hydrogen-bond donors (Lipinski definition) is 2. The van der Waals surface area contributed by atoms with E-state index in [1.807, 2.05) is 25.1 Å². The molecule has 1 aromatic rings. The predicted molar refractivity (Wildman–Crippen MR) is 97.2 cm³/mol. The Morgan fingerprint density at radius 3 is 2.68 bits per heavy atom. The molecule has 2 N–H and O–H groups in total. The number of ether oxygens (including phenoxy) is 1. The second kappa shape index (κ2) is 9.41. The van der Waals surface area contributed by atoms with Gasteiger partial charge in [-0.3, -0.25) is 0 Å². The molecule has 0 radical (unpaired) electrons. The van der Waals surface area contributed by atoms with Crippen LogP contribution in [0.25, 0.3) is 0 Å². The molecule has 1 aliphatic rings. The molecule has 0 spiro atoms. The highest BCUT2D eigenvalue weighted by Gasteiger charge is 2.25. The normalized spacial score (nSPS) is 20.1. The minimum atomic E-state index is -0.869. The van der Waals surface area contributed by atoms with Gasteiger partial charge in [0.1, 0.15) is 5.82 Å². The second-order valence-electron chi connectivity index (χ2n) is 6.72. The van der Waals surface area contributed by atoms with Crippen LogP contribution in [-0.2, 0) is 4.74 Å². The maximum Gasteiger partial charge on any atom is 0.407 e. The second-order valence-corrected chi connectivity index (χ2v) is 6.72. The summed E-state index contributed by atoms with van der Waals surface area (Å²) >= 11 is 0. The van der Waals surface area contributed by atoms with Crippen molar-refractivity contribution in [2.45, 2.75) is 31.7 Å². The van der Waals surface area contributed by atoms with Crippen LogP contribution < -0.4 is 10.2 Å². The zero-order valence-electron chi connectivity index (χ0n) is 15.3. The Hall–Kier alpha value is -2.09. The summed E-state index contributed by atoms with van der Waals surface area (Å²) in [6, 6.07) is 2.22. The van der Waals surface area contributed by atoms with E-state index in [1.54, 1.807) is 13.3 Å². The fraction of sp³-hybridized carbons (Fsp3) is 0.706. The highest BCUT2D eigenvalue weighted by molar-refractivity contribution is 5.64. The van der Waals surface area contributed by atoms with Crippen LogP contribution in [-0.4, -0.2) is 73.0 Å². The fourth-order valence-electron chi connectivity index (χ4n) is 3.12. The van der Waals surface area contributed by atoms with Crippen molar-refractivity contribution in [1.82, 2.24) is 14.9 Å². The first-order valence-electron chi connectivity index (χ1n) is 8.73. The SMILES string of the molecule is COCCN(CC1CCC(Nc2nccc(N(C)C)n2)CC1)C(=O)O. The molecular formula is C17H29N5O3. The number of hydrogen-bond acceptors (Lipinski definition) is 6. The summed E-state index contributed by atoms with van der Waals surface area (Å²) in [5.74, 6) is 1.93. The van der Waals surface area contributed by atoms with Gasteiger partial charge in [-0.15, -0.1) is 0 Å². The van der Waals surface area contributed by atoms with E-state index in [4.69, 9.17) is 4.74 Å². The van der Waals surface area contributed by atoms with Gasteiger partial charge in [-0.25, -0.2) is 9.78 Å². The zero-order valence-corrected chi connectivity index (χ0v) is 15.3. The third-order valence-electron chi connectivity index (χ3n) is 4.59. The van der Waals surface area contributed by atoms with E-state index in [-0.39, 0.29) is 0 Å². The molecule has 1 aliphatic carbocycles. The Balaban J connectivity index is 1.81. The van der Waals surface area contributed by atoms with E-state index in [9.17, 15) is 9.90 Å². The standard InChI is InChI=1S/C17H29N5O3/c1-21(2)15-8-9-18-16(20-15)19-14-6-4-13(5-7-14)12-22(17(23)24)10-11-25-3/h8-9,13-14H,4-7,10-12H2,1-3H3,(H,23,24)(H,18,19,20). The number of nitrogens with zero attached hydrogens (tertiary/aromatic N) is 4. The molecule has 8 heteroatoms. The lowest BCUT2D eigenvalue weighted by Gasteiger charge is -2.32. The molecule has 140 valence electrons. The maximum atomic E-state index is 11.3. The Morgan fingerprint density at radius 1 is 1.36 bits per heavy atom. The van der Waals surface area contributed by atoms with Crippen molar-refractivity contribution in [2.24, 2.45) is 5.92 Å². The number of methoxy groups -OCH3 is 1. The summed E-state index contributed by atoms with van der Waals surface area (Å²) in [5.41, 5.74) is 0. The Labute approximate surface area is 149 Å². The van der Waals surface area contributed by atoms with E-state index < -0.39 is 6.09 Å². The molecule has 0 aromatic carbocycles. The van der Waals surface area contributed by atoms with Crippen LogP contribution >= 0.6 is 0 Å². The van der Waals surface area contributed by atoms with E-state index in [2.05, 4.69) is 15.3 Å². The monoisotopic (exact) mass is 351 g/mol. The largest absolute Gasteiger partial charge is 0.465 e. The van der Waals surface area contributed by atoms with Crippen LogP contribution in [0, 0.1) is 5.92 Å². The van der Waals surface area contributed by atoms with Gasteiger partial charge in [0.2, 0.25) is 5.95 Å². The van der Waals surface area contributed by atoms with E-state index in [1.165, 1.54) is 4.90 Å². The van der Waals surface area contributed by atoms with Gasteiger partial charge < -0.3 is 25.0 Å². The summed E-state index contributed by atoms with van der Waals surface area (Å²) in [5, 5.41) is 12.7. The minimum Gasteiger partial charge on any atom is -0.465 e. The first-order valence-corrected chi connectivity index (χ1v) is 8.73. The minimum absolute atomic E-state index is 0.339. The summed E-state index contributed by atoms with van der Waals surface area (Å²) in [6.45, 7) is 1.44. The molecule has 0 unspecified atom stereocenters. The molecule has 8 nitrogen and oxygen atoms in total. The van der Waals surface area contributed by atoms with Gasteiger partial charge in [0.05, 0.1) is 6.61 Å². The number of anilines is 2. The Morgan fingerprint density at radius 2 is 2.08 bits per heavy atom. The highest BCUT2D eigenvalue weighted by atomic mass is 16.5. The van der Waals surface area contributed by atoms with Gasteiger partial charge in [0.15, 0.2) is 0 Å². The molecule has 1 aromatic heterocycles. The quantitative estimate of drug-likeness (QED) is 0.741. The zero-order chi connectivity index (χ0) is 18.2. The number of rotatable bonds is 8. The van der Waals surface area contributed by atoms with Gasteiger partial charge in [-0.05, 0) is 37.7 Å². The van der Waals surface area contributed by atoms with Gasteiger partial charge in [0.25, 0.3) is 0 Å². The third kappa shape index (κ3) is 6.04. The van der Waals surface area contributed by atoms with E-state index >= 15 is 0 Å². The number of amides is 1. The third-order valence-corrected chi connectivity index (χ3v) is 4.59. The summed E-state index contributed by atoms with van der Waals surface area (Å²) in [4.78, 5) is 23.5. The van der Waals surface area contributed by atoms with Crippen molar-refractivity contribution in [3.8, 4) is 0 Å². The van der Waals surface area contributed by atoms with E-state index in [0.29, 0.717) is 37.6 Å². The summed E-state index contributed by atoms with van der Waals surface area (Å²) in [6.07, 6.45) is 4.89. The van der Waals surface area contributed by atoms with Crippen LogP contribution in [0.3, 0.4) is 0 Å². The molecule has 1 amide bonds. The van der Waals surface area contributed by atoms with Crippen molar-refractivity contribution >= 4 is 17.9 Å². The predicted octanol–water partition coefficient (Wildman–Crippen LogP) is 2.14. The molecule has 0 atom stereocenters. The topological polar surface area (TPSA) is 90.8 Å². The first kappa shape index (κ1) is 19.2. The van der Waals surface area contributed by atoms with Crippen molar-refractivity contribution in [1.29, 1.82) is 0 Å². The summed E-state index contributed by atoms with van der Waals surface area (Å²) < 4.78 is 4.99. The molecule has 1 saturated carbocycles. The lowest BCUT2D eigenvalue weighted by atomic mass is 9.85. The molecule has 2 rings (SSSR count). The van der Waals surface area contributed by atoms with Crippen molar-refractivity contribution < 1.29 is 14.6 Å². The average Bonchev–Trinajstić information content (AvgIpc) is 2.60. The molecule has 0 saturated heterocycles. The highest BCUT2D eigenvalue weighted by Crippen LogP contribution is 2.27. The van der Waals surface area contributed by atoms with Crippen molar-refractivity contribution in [3.63, 3.8) is 0 Å². The Bertz CT molecular complexity index is 547. The van der Waals surface area contributed by atoms with Gasteiger partial charge >= 0.3 is 6.09 Å². The molecular weight excluding hydrogens is 322 g/mol. The molecule has 0 aliphatic heterocycles. The number of carbonyl (C=O) groups is 1. The average molecular weight is 351 g/mol.